The summed E-state index contributed by atoms with van der Waals surface area (Å²) in [4.78, 5) is 6.23. The van der Waals surface area contributed by atoms with Crippen LogP contribution in [0.4, 0.5) is 14.7 Å². The number of benzene rings is 1. The van der Waals surface area contributed by atoms with Crippen LogP contribution in [0.25, 0.3) is 0 Å². The normalized spacial score (nSPS) is 20.6. The zero-order valence-electron chi connectivity index (χ0n) is 13.7. The number of nitrogens with zero attached hydrogens (tertiary/aromatic N) is 4. The molecule has 0 radical (unpaired) electrons. The van der Waals surface area contributed by atoms with E-state index in [1.54, 1.807) is 4.90 Å². The van der Waals surface area contributed by atoms with E-state index >= 15 is 0 Å². The van der Waals surface area contributed by atoms with E-state index in [-0.39, 0.29) is 12.1 Å². The molecule has 5 nitrogen and oxygen atoms in total. The van der Waals surface area contributed by atoms with Crippen LogP contribution in [0.15, 0.2) is 18.2 Å². The number of hydrogen-bond acceptors (Lipinski definition) is 5. The second-order valence-corrected chi connectivity index (χ2v) is 5.94. The highest BCUT2D eigenvalue weighted by molar-refractivity contribution is 5.40. The molecule has 1 fully saturated rings. The Balaban J connectivity index is 2.01. The van der Waals surface area contributed by atoms with Gasteiger partial charge in [-0.15, -0.1) is 5.10 Å². The van der Waals surface area contributed by atoms with Gasteiger partial charge in [0.15, 0.2) is 0 Å². The summed E-state index contributed by atoms with van der Waals surface area (Å²) in [6, 6.07) is 2.83. The summed E-state index contributed by atoms with van der Waals surface area (Å²) in [5, 5.41) is 18.4. The average Bonchev–Trinajstić information content (AvgIpc) is 2.98. The average molecular weight is 334 g/mol. The van der Waals surface area contributed by atoms with Crippen LogP contribution in [0.2, 0.25) is 0 Å². The molecular weight excluding hydrogens is 314 g/mol. The predicted octanol–water partition coefficient (Wildman–Crippen LogP) is 2.59. The number of anilines is 1. The lowest BCUT2D eigenvalue weighted by Crippen LogP contribution is -2.28. The number of rotatable bonds is 4. The third kappa shape index (κ3) is 3.08. The maximum absolute atomic E-state index is 14.2. The van der Waals surface area contributed by atoms with E-state index < -0.39 is 23.8 Å². The van der Waals surface area contributed by atoms with Crippen LogP contribution in [-0.4, -0.2) is 32.9 Å². The van der Waals surface area contributed by atoms with Crippen molar-refractivity contribution in [2.45, 2.75) is 45.3 Å². The fourth-order valence-corrected chi connectivity index (χ4v) is 3.15. The van der Waals surface area contributed by atoms with E-state index in [2.05, 4.69) is 15.2 Å². The molecule has 1 aromatic carbocycles. The SMILES string of the molecule is CCc1nnc(N2C[C@@H](O)C[C@H]2c2cc(F)ccc2F)nc1CC. The van der Waals surface area contributed by atoms with Crippen LogP contribution >= 0.6 is 0 Å². The molecule has 1 aliphatic rings. The lowest BCUT2D eigenvalue weighted by molar-refractivity contribution is 0.194. The topological polar surface area (TPSA) is 62.1 Å². The van der Waals surface area contributed by atoms with E-state index in [0.717, 1.165) is 29.9 Å². The molecule has 1 aliphatic heterocycles. The molecule has 0 unspecified atom stereocenters. The standard InChI is InChI=1S/C17H20F2N4O/c1-3-14-15(4-2)21-22-17(20-14)23-9-11(24)8-16(23)12-7-10(18)5-6-13(12)19/h5-7,11,16,24H,3-4,8-9H2,1-2H3/t11-,16-/m0/s1. The lowest BCUT2D eigenvalue weighted by Gasteiger charge is -2.25. The minimum absolute atomic E-state index is 0.202. The summed E-state index contributed by atoms with van der Waals surface area (Å²) in [6.45, 7) is 4.22. The fraction of sp³-hybridized carbons (Fsp3) is 0.471. The summed E-state index contributed by atoms with van der Waals surface area (Å²) < 4.78 is 27.7. The van der Waals surface area contributed by atoms with Crippen molar-refractivity contribution in [2.24, 2.45) is 0 Å². The van der Waals surface area contributed by atoms with Gasteiger partial charge in [0.25, 0.3) is 0 Å². The molecule has 1 aromatic heterocycles. The van der Waals surface area contributed by atoms with Crippen LogP contribution in [-0.2, 0) is 12.8 Å². The van der Waals surface area contributed by atoms with Crippen molar-refractivity contribution in [1.29, 1.82) is 0 Å². The van der Waals surface area contributed by atoms with Crippen LogP contribution in [0.1, 0.15) is 43.3 Å². The maximum Gasteiger partial charge on any atom is 0.246 e. The number of aryl methyl sites for hydroxylation is 2. The third-order valence-electron chi connectivity index (χ3n) is 4.35. The smallest absolute Gasteiger partial charge is 0.246 e. The predicted molar refractivity (Wildman–Crippen MR) is 85.7 cm³/mol. The second kappa shape index (κ2) is 6.76. The minimum atomic E-state index is -0.655. The van der Waals surface area contributed by atoms with Crippen molar-refractivity contribution in [3.05, 3.63) is 46.8 Å². The molecule has 1 saturated heterocycles. The summed E-state index contributed by atoms with van der Waals surface area (Å²) >= 11 is 0. The molecule has 0 saturated carbocycles. The number of aromatic nitrogens is 3. The van der Waals surface area contributed by atoms with Gasteiger partial charge in [0.05, 0.1) is 23.5 Å². The molecule has 0 bridgehead atoms. The van der Waals surface area contributed by atoms with E-state index in [4.69, 9.17) is 0 Å². The van der Waals surface area contributed by atoms with E-state index in [0.29, 0.717) is 18.8 Å². The van der Waals surface area contributed by atoms with Crippen molar-refractivity contribution in [2.75, 3.05) is 11.4 Å². The Hall–Kier alpha value is -2.15. The van der Waals surface area contributed by atoms with Crippen molar-refractivity contribution in [1.82, 2.24) is 15.2 Å². The number of aliphatic hydroxyl groups excluding tert-OH is 1. The zero-order valence-corrected chi connectivity index (χ0v) is 13.7. The first-order valence-electron chi connectivity index (χ1n) is 8.15. The molecule has 7 heteroatoms. The molecule has 2 aromatic rings. The lowest BCUT2D eigenvalue weighted by atomic mass is 10.0. The molecule has 2 atom stereocenters. The fourth-order valence-electron chi connectivity index (χ4n) is 3.15. The highest BCUT2D eigenvalue weighted by Crippen LogP contribution is 2.36. The Morgan fingerprint density at radius 2 is 1.92 bits per heavy atom. The quantitative estimate of drug-likeness (QED) is 0.931. The highest BCUT2D eigenvalue weighted by Gasteiger charge is 2.36. The Morgan fingerprint density at radius 3 is 2.62 bits per heavy atom. The molecule has 0 spiro atoms. The van der Waals surface area contributed by atoms with Crippen molar-refractivity contribution in [3.63, 3.8) is 0 Å². The van der Waals surface area contributed by atoms with E-state index in [1.165, 1.54) is 6.07 Å². The van der Waals surface area contributed by atoms with Crippen LogP contribution in [0.3, 0.4) is 0 Å². The van der Waals surface area contributed by atoms with Gasteiger partial charge in [-0.1, -0.05) is 13.8 Å². The molecule has 128 valence electrons. The molecule has 3 rings (SSSR count). The monoisotopic (exact) mass is 334 g/mol. The van der Waals surface area contributed by atoms with Gasteiger partial charge in [-0.05, 0) is 37.5 Å². The Bertz CT molecular complexity index is 741. The molecular formula is C17H20F2N4O. The molecule has 0 aliphatic carbocycles. The van der Waals surface area contributed by atoms with Crippen LogP contribution in [0, 0.1) is 11.6 Å². The first kappa shape index (κ1) is 16.7. The molecule has 2 heterocycles. The summed E-state index contributed by atoms with van der Waals surface area (Å²) in [6.07, 6.45) is 1.08. The number of hydrogen-bond donors (Lipinski definition) is 1. The molecule has 1 N–H and O–H groups in total. The highest BCUT2D eigenvalue weighted by atomic mass is 19.1. The van der Waals surface area contributed by atoms with Gasteiger partial charge in [-0.2, -0.15) is 5.10 Å². The molecule has 24 heavy (non-hydrogen) atoms. The van der Waals surface area contributed by atoms with Gasteiger partial charge in [0.1, 0.15) is 11.6 Å². The van der Waals surface area contributed by atoms with Gasteiger partial charge >= 0.3 is 0 Å². The number of β-amino-alcohol motifs (C(OH)–C–C–N with tert-alkyl or cyclic N) is 1. The zero-order chi connectivity index (χ0) is 17.3. The summed E-state index contributed by atoms with van der Waals surface area (Å²) in [7, 11) is 0. The number of aliphatic hydroxyl groups is 1. The van der Waals surface area contributed by atoms with Crippen molar-refractivity contribution in [3.8, 4) is 0 Å². The Kier molecular flexibility index (Phi) is 4.71. The van der Waals surface area contributed by atoms with Crippen molar-refractivity contribution >= 4 is 5.95 Å². The largest absolute Gasteiger partial charge is 0.391 e. The van der Waals surface area contributed by atoms with Gasteiger partial charge in [-0.25, -0.2) is 13.8 Å². The van der Waals surface area contributed by atoms with Gasteiger partial charge in [0.2, 0.25) is 5.95 Å². The third-order valence-corrected chi connectivity index (χ3v) is 4.35. The maximum atomic E-state index is 14.2. The van der Waals surface area contributed by atoms with Gasteiger partial charge < -0.3 is 10.0 Å². The Morgan fingerprint density at radius 1 is 1.17 bits per heavy atom. The van der Waals surface area contributed by atoms with Crippen LogP contribution < -0.4 is 4.90 Å². The van der Waals surface area contributed by atoms with Gasteiger partial charge in [-0.3, -0.25) is 0 Å². The first-order chi connectivity index (χ1) is 11.5. The number of halogens is 2. The first-order valence-corrected chi connectivity index (χ1v) is 8.15. The molecule has 0 amide bonds. The van der Waals surface area contributed by atoms with Crippen LogP contribution in [0.5, 0.6) is 0 Å². The second-order valence-electron chi connectivity index (χ2n) is 5.94. The van der Waals surface area contributed by atoms with Gasteiger partial charge in [0, 0.05) is 12.1 Å². The minimum Gasteiger partial charge on any atom is -0.391 e. The van der Waals surface area contributed by atoms with E-state index in [9.17, 15) is 13.9 Å². The summed E-state index contributed by atoms with van der Waals surface area (Å²) in [5.41, 5.74) is 1.87. The summed E-state index contributed by atoms with van der Waals surface area (Å²) in [5.74, 6) is -0.675. The van der Waals surface area contributed by atoms with Crippen molar-refractivity contribution < 1.29 is 13.9 Å². The Labute approximate surface area is 139 Å². The van der Waals surface area contributed by atoms with E-state index in [1.807, 2.05) is 13.8 Å².